The number of nitrogens with one attached hydrogen (secondary N) is 2. The Balaban J connectivity index is 1.35. The fraction of sp³-hybridized carbons (Fsp3) is 0.600. The zero-order chi connectivity index (χ0) is 17.6. The average molecular weight is 344 g/mol. The van der Waals surface area contributed by atoms with Gasteiger partial charge in [0, 0.05) is 12.0 Å². The van der Waals surface area contributed by atoms with Gasteiger partial charge in [-0.05, 0) is 86.3 Å². The van der Waals surface area contributed by atoms with Crippen molar-refractivity contribution < 1.29 is 14.0 Å². The van der Waals surface area contributed by atoms with Gasteiger partial charge in [-0.25, -0.2) is 4.39 Å². The molecule has 0 atom stereocenters. The fourth-order valence-electron chi connectivity index (χ4n) is 5.92. The lowest BCUT2D eigenvalue weighted by Gasteiger charge is -2.56. The minimum Gasteiger partial charge on any atom is -0.273 e. The van der Waals surface area contributed by atoms with Crippen molar-refractivity contribution in [2.75, 3.05) is 0 Å². The van der Waals surface area contributed by atoms with Crippen molar-refractivity contribution in [2.45, 2.75) is 51.9 Å². The Hall–Kier alpha value is -1.91. The summed E-state index contributed by atoms with van der Waals surface area (Å²) in [6, 6.07) is 4.06. The van der Waals surface area contributed by atoms with Crippen LogP contribution in [-0.2, 0) is 4.79 Å². The summed E-state index contributed by atoms with van der Waals surface area (Å²) < 4.78 is 13.3. The number of rotatable bonds is 3. The minimum atomic E-state index is -0.476. The van der Waals surface area contributed by atoms with Crippen molar-refractivity contribution in [3.05, 3.63) is 35.1 Å². The molecule has 4 nitrogen and oxygen atoms in total. The quantitative estimate of drug-likeness (QED) is 0.825. The van der Waals surface area contributed by atoms with E-state index in [1.54, 1.807) is 13.0 Å². The molecular formula is C20H25FN2O2. The molecule has 4 aliphatic rings. The summed E-state index contributed by atoms with van der Waals surface area (Å²) in [6.07, 6.45) is 7.98. The third-order valence-electron chi connectivity index (χ3n) is 6.46. The lowest BCUT2D eigenvalue weighted by Crippen LogP contribution is -2.50. The van der Waals surface area contributed by atoms with E-state index >= 15 is 0 Å². The summed E-state index contributed by atoms with van der Waals surface area (Å²) in [5.41, 5.74) is 6.04. The highest BCUT2D eigenvalue weighted by Gasteiger charge is 2.51. The molecule has 4 bridgehead atoms. The van der Waals surface area contributed by atoms with E-state index in [2.05, 4.69) is 10.9 Å². The van der Waals surface area contributed by atoms with Crippen LogP contribution in [0.4, 0.5) is 4.39 Å². The van der Waals surface area contributed by atoms with Crippen LogP contribution in [0.15, 0.2) is 18.2 Å². The molecule has 0 spiro atoms. The molecule has 0 aromatic heterocycles. The number of hydrazine groups is 1. The lowest BCUT2D eigenvalue weighted by atomic mass is 9.49. The average Bonchev–Trinajstić information content (AvgIpc) is 2.53. The third kappa shape index (κ3) is 3.29. The van der Waals surface area contributed by atoms with Gasteiger partial charge in [0.25, 0.3) is 5.91 Å². The molecule has 0 heterocycles. The highest BCUT2D eigenvalue weighted by molar-refractivity contribution is 5.96. The predicted molar refractivity (Wildman–Crippen MR) is 92.0 cm³/mol. The van der Waals surface area contributed by atoms with Gasteiger partial charge in [-0.15, -0.1) is 0 Å². The molecule has 134 valence electrons. The second-order valence-electron chi connectivity index (χ2n) is 8.56. The van der Waals surface area contributed by atoms with Crippen molar-refractivity contribution in [3.63, 3.8) is 0 Å². The van der Waals surface area contributed by atoms with Crippen molar-refractivity contribution >= 4 is 11.8 Å². The molecule has 4 aliphatic carbocycles. The van der Waals surface area contributed by atoms with Gasteiger partial charge < -0.3 is 0 Å². The molecule has 0 unspecified atom stereocenters. The van der Waals surface area contributed by atoms with Gasteiger partial charge in [-0.3, -0.25) is 20.4 Å². The number of hydrogen-bond donors (Lipinski definition) is 2. The molecule has 5 heteroatoms. The van der Waals surface area contributed by atoms with Crippen LogP contribution in [0, 0.1) is 35.9 Å². The van der Waals surface area contributed by atoms with Gasteiger partial charge in [0.2, 0.25) is 5.91 Å². The zero-order valence-electron chi connectivity index (χ0n) is 14.6. The van der Waals surface area contributed by atoms with Gasteiger partial charge in [0.05, 0.1) is 0 Å². The molecular weight excluding hydrogens is 319 g/mol. The minimum absolute atomic E-state index is 0.135. The van der Waals surface area contributed by atoms with Crippen LogP contribution in [0.25, 0.3) is 0 Å². The molecule has 0 aliphatic heterocycles. The van der Waals surface area contributed by atoms with Crippen LogP contribution in [-0.4, -0.2) is 11.8 Å². The van der Waals surface area contributed by atoms with Gasteiger partial charge in [0.1, 0.15) is 5.82 Å². The fourth-order valence-corrected chi connectivity index (χ4v) is 5.92. The van der Waals surface area contributed by atoms with E-state index in [1.807, 2.05) is 0 Å². The van der Waals surface area contributed by atoms with E-state index in [0.717, 1.165) is 37.0 Å². The summed E-state index contributed by atoms with van der Waals surface area (Å²) in [5.74, 6) is 1.31. The van der Waals surface area contributed by atoms with E-state index in [9.17, 15) is 14.0 Å². The van der Waals surface area contributed by atoms with Crippen LogP contribution in [0.3, 0.4) is 0 Å². The third-order valence-corrected chi connectivity index (χ3v) is 6.46. The Kier molecular flexibility index (Phi) is 4.05. The summed E-state index contributed by atoms with van der Waals surface area (Å²) in [5, 5.41) is 0. The van der Waals surface area contributed by atoms with E-state index in [-0.39, 0.29) is 16.9 Å². The standard InChI is InChI=1S/C20H25FN2O2/c1-12-2-3-16(21)7-17(12)19(25)23-22-18(24)11-20-8-13-4-14(9-20)6-15(5-13)10-20/h2-3,7,13-15H,4-6,8-11H2,1H3,(H,22,24)(H,23,25). The first-order valence-corrected chi connectivity index (χ1v) is 9.28. The topological polar surface area (TPSA) is 58.2 Å². The van der Waals surface area contributed by atoms with Gasteiger partial charge in [-0.2, -0.15) is 0 Å². The maximum atomic E-state index is 13.3. The van der Waals surface area contributed by atoms with Crippen LogP contribution >= 0.6 is 0 Å². The normalized spacial score (nSPS) is 32.5. The second-order valence-corrected chi connectivity index (χ2v) is 8.56. The van der Waals surface area contributed by atoms with E-state index in [4.69, 9.17) is 0 Å². The van der Waals surface area contributed by atoms with Crippen molar-refractivity contribution in [1.82, 2.24) is 10.9 Å². The Bertz CT molecular complexity index is 680. The van der Waals surface area contributed by atoms with Crippen molar-refractivity contribution in [2.24, 2.45) is 23.2 Å². The summed E-state index contributed by atoms with van der Waals surface area (Å²) >= 11 is 0. The van der Waals surface area contributed by atoms with Gasteiger partial charge in [0.15, 0.2) is 0 Å². The Morgan fingerprint density at radius 1 is 1.08 bits per heavy atom. The monoisotopic (exact) mass is 344 g/mol. The van der Waals surface area contributed by atoms with Crippen molar-refractivity contribution in [1.29, 1.82) is 0 Å². The molecule has 4 fully saturated rings. The van der Waals surface area contributed by atoms with E-state index in [0.29, 0.717) is 12.0 Å². The summed E-state index contributed by atoms with van der Waals surface area (Å²) in [7, 11) is 0. The van der Waals surface area contributed by atoms with Crippen LogP contribution in [0.1, 0.15) is 60.9 Å². The van der Waals surface area contributed by atoms with Crippen LogP contribution in [0.2, 0.25) is 0 Å². The maximum Gasteiger partial charge on any atom is 0.270 e. The maximum absolute atomic E-state index is 13.3. The number of aryl methyl sites for hydroxylation is 1. The lowest BCUT2D eigenvalue weighted by molar-refractivity contribution is -0.130. The number of halogens is 1. The largest absolute Gasteiger partial charge is 0.273 e. The molecule has 4 saturated carbocycles. The molecule has 2 N–H and O–H groups in total. The highest BCUT2D eigenvalue weighted by atomic mass is 19.1. The molecule has 2 amide bonds. The molecule has 5 rings (SSSR count). The molecule has 25 heavy (non-hydrogen) atoms. The van der Waals surface area contributed by atoms with Crippen LogP contribution in [0.5, 0.6) is 0 Å². The number of benzene rings is 1. The first kappa shape index (κ1) is 16.6. The number of carbonyl (C=O) groups excluding carboxylic acids is 2. The first-order valence-electron chi connectivity index (χ1n) is 9.28. The summed E-state index contributed by atoms with van der Waals surface area (Å²) in [4.78, 5) is 24.6. The molecule has 0 saturated heterocycles. The molecule has 0 radical (unpaired) electrons. The SMILES string of the molecule is Cc1ccc(F)cc1C(=O)NNC(=O)CC12CC3CC(CC(C3)C1)C2. The first-order chi connectivity index (χ1) is 11.9. The van der Waals surface area contributed by atoms with E-state index in [1.165, 1.54) is 31.4 Å². The van der Waals surface area contributed by atoms with Gasteiger partial charge in [-0.1, -0.05) is 6.07 Å². The highest BCUT2D eigenvalue weighted by Crippen LogP contribution is 2.61. The van der Waals surface area contributed by atoms with Crippen LogP contribution < -0.4 is 10.9 Å². The zero-order valence-corrected chi connectivity index (χ0v) is 14.6. The number of carbonyl (C=O) groups is 2. The van der Waals surface area contributed by atoms with E-state index < -0.39 is 11.7 Å². The molecule has 1 aromatic rings. The molecule has 1 aromatic carbocycles. The Morgan fingerprint density at radius 3 is 2.28 bits per heavy atom. The van der Waals surface area contributed by atoms with Crippen molar-refractivity contribution in [3.8, 4) is 0 Å². The number of hydrogen-bond acceptors (Lipinski definition) is 2. The predicted octanol–water partition coefficient (Wildman–Crippen LogP) is 3.50. The second kappa shape index (κ2) is 6.11. The Morgan fingerprint density at radius 2 is 1.68 bits per heavy atom. The van der Waals surface area contributed by atoms with Gasteiger partial charge >= 0.3 is 0 Å². The number of amides is 2. The summed E-state index contributed by atoms with van der Waals surface area (Å²) in [6.45, 7) is 1.74. The Labute approximate surface area is 147 Å². The smallest absolute Gasteiger partial charge is 0.270 e.